The number of nitrogens with one attached hydrogen (secondary N) is 1. The molecule has 0 bridgehead atoms. The van der Waals surface area contributed by atoms with Gasteiger partial charge in [-0.05, 0) is 43.7 Å². The highest BCUT2D eigenvalue weighted by Crippen LogP contribution is 2.31. The second-order valence-corrected chi connectivity index (χ2v) is 6.54. The van der Waals surface area contributed by atoms with Crippen LogP contribution in [0.25, 0.3) is 17.2 Å². The third kappa shape index (κ3) is 2.83. The van der Waals surface area contributed by atoms with Crippen molar-refractivity contribution in [1.82, 2.24) is 19.4 Å². The Morgan fingerprint density at radius 1 is 1.20 bits per heavy atom. The highest BCUT2D eigenvalue weighted by Gasteiger charge is 2.15. The van der Waals surface area contributed by atoms with E-state index < -0.39 is 0 Å². The van der Waals surface area contributed by atoms with Crippen molar-refractivity contribution in [3.8, 4) is 17.1 Å². The zero-order valence-corrected chi connectivity index (χ0v) is 15.0. The first-order valence-corrected chi connectivity index (χ1v) is 8.71. The van der Waals surface area contributed by atoms with E-state index in [0.29, 0.717) is 5.78 Å². The minimum atomic E-state index is 0.684. The Morgan fingerprint density at radius 3 is 2.88 bits per heavy atom. The lowest BCUT2D eigenvalue weighted by atomic mass is 10.2. The molecule has 0 spiro atoms. The predicted octanol–water partition coefficient (Wildman–Crippen LogP) is 4.22. The number of hydrogen-bond donors (Lipinski definition) is 1. The van der Waals surface area contributed by atoms with Crippen LogP contribution in [0.3, 0.4) is 0 Å². The van der Waals surface area contributed by atoms with E-state index in [1.807, 2.05) is 54.1 Å². The molecule has 1 N–H and O–H groups in total. The van der Waals surface area contributed by atoms with Gasteiger partial charge in [-0.3, -0.25) is 4.40 Å². The Labute approximate surface area is 149 Å². The van der Waals surface area contributed by atoms with Crippen LogP contribution in [0.4, 0.5) is 10.8 Å². The predicted molar refractivity (Wildman–Crippen MR) is 99.8 cm³/mol. The number of fused-ring (bicyclic) bond motifs is 1. The molecule has 3 heterocycles. The highest BCUT2D eigenvalue weighted by molar-refractivity contribution is 7.14. The Balaban J connectivity index is 1.67. The van der Waals surface area contributed by atoms with Crippen LogP contribution in [0.1, 0.15) is 11.3 Å². The summed E-state index contributed by atoms with van der Waals surface area (Å²) in [4.78, 5) is 13.5. The molecule has 0 saturated heterocycles. The minimum Gasteiger partial charge on any atom is -0.497 e. The number of aromatic nitrogens is 4. The number of thiazole rings is 1. The third-order valence-corrected chi connectivity index (χ3v) is 4.76. The summed E-state index contributed by atoms with van der Waals surface area (Å²) in [5, 5.41) is 6.25. The lowest BCUT2D eigenvalue weighted by molar-refractivity contribution is 0.414. The Bertz CT molecular complexity index is 1050. The van der Waals surface area contributed by atoms with E-state index in [9.17, 15) is 0 Å². The average molecular weight is 351 g/mol. The third-order valence-electron chi connectivity index (χ3n) is 4.00. The molecule has 1 aromatic carbocycles. The van der Waals surface area contributed by atoms with E-state index in [1.165, 1.54) is 0 Å². The molecule has 0 fully saturated rings. The van der Waals surface area contributed by atoms with Crippen molar-refractivity contribution in [2.75, 3.05) is 12.4 Å². The average Bonchev–Trinajstić information content (AvgIpc) is 3.19. The molecule has 0 aliphatic carbocycles. The molecule has 6 nitrogen and oxygen atoms in total. The second kappa shape index (κ2) is 6.18. The maximum Gasteiger partial charge on any atom is 0.234 e. The van der Waals surface area contributed by atoms with Gasteiger partial charge in [0, 0.05) is 23.5 Å². The number of benzene rings is 1. The van der Waals surface area contributed by atoms with Crippen LogP contribution in [-0.4, -0.2) is 26.5 Å². The molecule has 0 unspecified atom stereocenters. The van der Waals surface area contributed by atoms with Gasteiger partial charge >= 0.3 is 0 Å². The molecule has 0 aliphatic heterocycles. The summed E-state index contributed by atoms with van der Waals surface area (Å²) in [6.45, 7) is 4.02. The maximum atomic E-state index is 5.25. The largest absolute Gasteiger partial charge is 0.497 e. The Morgan fingerprint density at radius 2 is 2.08 bits per heavy atom. The molecule has 0 atom stereocenters. The van der Waals surface area contributed by atoms with E-state index in [2.05, 4.69) is 15.3 Å². The zero-order valence-electron chi connectivity index (χ0n) is 14.1. The first-order valence-electron chi connectivity index (χ1n) is 7.83. The molecular weight excluding hydrogens is 334 g/mol. The van der Waals surface area contributed by atoms with Crippen LogP contribution in [0.5, 0.6) is 5.75 Å². The standard InChI is InChI=1S/C18H17N5OS/c1-11-9-13(24-3)5-6-14(11)21-18-22-15(10-25-18)16-12(2)20-17-19-7-4-8-23(16)17/h4-10H,1-3H3,(H,21,22). The molecular formula is C18H17N5OS. The van der Waals surface area contributed by atoms with Crippen molar-refractivity contribution in [3.05, 3.63) is 53.3 Å². The molecule has 25 heavy (non-hydrogen) atoms. The topological polar surface area (TPSA) is 64.3 Å². The van der Waals surface area contributed by atoms with E-state index in [1.54, 1.807) is 24.6 Å². The highest BCUT2D eigenvalue weighted by atomic mass is 32.1. The number of anilines is 2. The van der Waals surface area contributed by atoms with Gasteiger partial charge < -0.3 is 10.1 Å². The quantitative estimate of drug-likeness (QED) is 0.596. The summed E-state index contributed by atoms with van der Waals surface area (Å²) in [7, 11) is 1.67. The lowest BCUT2D eigenvalue weighted by Gasteiger charge is -2.08. The summed E-state index contributed by atoms with van der Waals surface area (Å²) in [6.07, 6.45) is 3.70. The summed E-state index contributed by atoms with van der Waals surface area (Å²) < 4.78 is 7.22. The van der Waals surface area contributed by atoms with Gasteiger partial charge in [0.2, 0.25) is 5.78 Å². The second-order valence-electron chi connectivity index (χ2n) is 5.68. The van der Waals surface area contributed by atoms with Crippen molar-refractivity contribution in [1.29, 1.82) is 0 Å². The van der Waals surface area contributed by atoms with Gasteiger partial charge in [0.05, 0.1) is 18.5 Å². The van der Waals surface area contributed by atoms with Crippen molar-refractivity contribution in [3.63, 3.8) is 0 Å². The summed E-state index contributed by atoms with van der Waals surface area (Å²) in [6, 6.07) is 7.82. The van der Waals surface area contributed by atoms with E-state index in [0.717, 1.165) is 39.2 Å². The molecule has 0 radical (unpaired) electrons. The number of rotatable bonds is 4. The summed E-state index contributed by atoms with van der Waals surface area (Å²) in [5.41, 5.74) is 4.89. The van der Waals surface area contributed by atoms with Gasteiger partial charge in [-0.1, -0.05) is 0 Å². The van der Waals surface area contributed by atoms with Gasteiger partial charge in [0.15, 0.2) is 5.13 Å². The van der Waals surface area contributed by atoms with E-state index in [-0.39, 0.29) is 0 Å². The number of aryl methyl sites for hydroxylation is 2. The van der Waals surface area contributed by atoms with E-state index >= 15 is 0 Å². The normalized spacial score (nSPS) is 11.0. The summed E-state index contributed by atoms with van der Waals surface area (Å²) in [5.74, 6) is 1.53. The van der Waals surface area contributed by atoms with Crippen LogP contribution in [0, 0.1) is 13.8 Å². The first-order chi connectivity index (χ1) is 12.2. The fraction of sp³-hybridized carbons (Fsp3) is 0.167. The molecule has 0 saturated carbocycles. The number of ether oxygens (including phenoxy) is 1. The van der Waals surface area contributed by atoms with Gasteiger partial charge in [-0.25, -0.2) is 15.0 Å². The van der Waals surface area contributed by atoms with Crippen LogP contribution in [0.2, 0.25) is 0 Å². The SMILES string of the molecule is COc1ccc(Nc2nc(-c3c(C)nc4ncccn34)cs2)c(C)c1. The molecule has 0 amide bonds. The number of hydrogen-bond acceptors (Lipinski definition) is 6. The van der Waals surface area contributed by atoms with E-state index in [4.69, 9.17) is 9.72 Å². The molecule has 3 aromatic heterocycles. The number of imidazole rings is 1. The van der Waals surface area contributed by atoms with Crippen LogP contribution in [0.15, 0.2) is 42.0 Å². The molecule has 4 aromatic rings. The van der Waals surface area contributed by atoms with Crippen molar-refractivity contribution < 1.29 is 4.74 Å². The van der Waals surface area contributed by atoms with Crippen LogP contribution in [-0.2, 0) is 0 Å². The fourth-order valence-corrected chi connectivity index (χ4v) is 3.47. The molecule has 7 heteroatoms. The monoisotopic (exact) mass is 351 g/mol. The van der Waals surface area contributed by atoms with Gasteiger partial charge in [-0.15, -0.1) is 11.3 Å². The minimum absolute atomic E-state index is 0.684. The van der Waals surface area contributed by atoms with Crippen LogP contribution >= 0.6 is 11.3 Å². The summed E-state index contributed by atoms with van der Waals surface area (Å²) >= 11 is 1.56. The zero-order chi connectivity index (χ0) is 17.4. The van der Waals surface area contributed by atoms with Crippen molar-refractivity contribution >= 4 is 27.9 Å². The molecule has 126 valence electrons. The number of nitrogens with zero attached hydrogens (tertiary/aromatic N) is 4. The Kier molecular flexibility index (Phi) is 3.85. The smallest absolute Gasteiger partial charge is 0.234 e. The van der Waals surface area contributed by atoms with Crippen molar-refractivity contribution in [2.45, 2.75) is 13.8 Å². The van der Waals surface area contributed by atoms with Gasteiger partial charge in [0.1, 0.15) is 11.4 Å². The van der Waals surface area contributed by atoms with Gasteiger partial charge in [0.25, 0.3) is 0 Å². The molecule has 0 aliphatic rings. The fourth-order valence-electron chi connectivity index (χ4n) is 2.76. The lowest BCUT2D eigenvalue weighted by Crippen LogP contribution is -1.94. The Hall–Kier alpha value is -2.93. The molecule has 4 rings (SSSR count). The van der Waals surface area contributed by atoms with Crippen LogP contribution < -0.4 is 10.1 Å². The van der Waals surface area contributed by atoms with Crippen molar-refractivity contribution in [2.24, 2.45) is 0 Å². The first kappa shape index (κ1) is 15.6. The van der Waals surface area contributed by atoms with Gasteiger partial charge in [-0.2, -0.15) is 0 Å². The number of methoxy groups -OCH3 is 1. The maximum absolute atomic E-state index is 5.25.